The molecule has 4 N–H and O–H groups in total. The highest BCUT2D eigenvalue weighted by molar-refractivity contribution is 7.89. The number of thiazole rings is 1. The molecule has 1 amide bonds. The van der Waals surface area contributed by atoms with Crippen molar-refractivity contribution < 1.29 is 13.2 Å². The number of primary sulfonamides is 1. The van der Waals surface area contributed by atoms with Crippen molar-refractivity contribution in [2.45, 2.75) is 4.90 Å². The van der Waals surface area contributed by atoms with Crippen molar-refractivity contribution in [3.05, 3.63) is 101 Å². The van der Waals surface area contributed by atoms with Crippen LogP contribution >= 0.6 is 11.3 Å². The summed E-state index contributed by atoms with van der Waals surface area (Å²) < 4.78 is 23.0. The van der Waals surface area contributed by atoms with Crippen LogP contribution in [-0.2, 0) is 14.8 Å². The number of aromatic nitrogens is 1. The predicted octanol–water partition coefficient (Wildman–Crippen LogP) is 4.26. The zero-order valence-corrected chi connectivity index (χ0v) is 22.7. The average Bonchev–Trinajstić information content (AvgIpc) is 3.49. The average molecular weight is 560 g/mol. The normalized spacial score (nSPS) is 14.4. The first-order valence-electron chi connectivity index (χ1n) is 11.8. The van der Waals surface area contributed by atoms with E-state index in [4.69, 9.17) is 5.14 Å². The molecule has 0 spiro atoms. The molecule has 0 fully saturated rings. The number of nitrogens with zero attached hydrogens (tertiary/aromatic N) is 4. The summed E-state index contributed by atoms with van der Waals surface area (Å²) in [5, 5.41) is 12.0. The first-order valence-corrected chi connectivity index (χ1v) is 14.2. The fourth-order valence-electron chi connectivity index (χ4n) is 3.78. The van der Waals surface area contributed by atoms with Gasteiger partial charge in [0.2, 0.25) is 10.0 Å². The van der Waals surface area contributed by atoms with Crippen LogP contribution in [-0.4, -0.2) is 44.2 Å². The van der Waals surface area contributed by atoms with Gasteiger partial charge in [0.1, 0.15) is 5.70 Å². The molecule has 0 atom stereocenters. The molecule has 5 rings (SSSR count). The predicted molar refractivity (Wildman–Crippen MR) is 155 cm³/mol. The molecule has 39 heavy (non-hydrogen) atoms. The van der Waals surface area contributed by atoms with Gasteiger partial charge in [-0.1, -0.05) is 42.5 Å². The molecule has 4 aromatic rings. The number of nitrogens with two attached hydrogens (primary N) is 1. The smallest absolute Gasteiger partial charge is 0.297 e. The number of benzene rings is 3. The zero-order valence-electron chi connectivity index (χ0n) is 21.1. The van der Waals surface area contributed by atoms with Gasteiger partial charge in [0.15, 0.2) is 16.8 Å². The van der Waals surface area contributed by atoms with Gasteiger partial charge in [0, 0.05) is 36.4 Å². The van der Waals surface area contributed by atoms with E-state index < -0.39 is 10.0 Å². The monoisotopic (exact) mass is 559 g/mol. The quantitative estimate of drug-likeness (QED) is 0.275. The van der Waals surface area contributed by atoms with Gasteiger partial charge in [0.05, 0.1) is 4.90 Å². The number of hydrogen-bond acceptors (Lipinski definition) is 9. The van der Waals surface area contributed by atoms with Crippen molar-refractivity contribution in [1.82, 2.24) is 9.99 Å². The van der Waals surface area contributed by atoms with E-state index in [-0.39, 0.29) is 10.8 Å². The number of hydrogen-bond donors (Lipinski definition) is 3. The van der Waals surface area contributed by atoms with E-state index in [1.54, 1.807) is 23.6 Å². The zero-order chi connectivity index (χ0) is 27.6. The summed E-state index contributed by atoms with van der Waals surface area (Å²) in [4.78, 5) is 24.7. The molecule has 0 aliphatic carbocycles. The highest BCUT2D eigenvalue weighted by Gasteiger charge is 2.32. The van der Waals surface area contributed by atoms with Crippen LogP contribution < -0.4 is 20.8 Å². The maximum atomic E-state index is 13.5. The van der Waals surface area contributed by atoms with Gasteiger partial charge in [-0.2, -0.15) is 5.01 Å². The number of nitrogens with one attached hydrogen (secondary N) is 2. The summed E-state index contributed by atoms with van der Waals surface area (Å²) in [5.74, 6) is 0.585. The van der Waals surface area contributed by atoms with E-state index in [2.05, 4.69) is 20.7 Å². The molecule has 0 saturated heterocycles. The summed E-state index contributed by atoms with van der Waals surface area (Å²) >= 11 is 1.32. The lowest BCUT2D eigenvalue weighted by atomic mass is 10.1. The van der Waals surface area contributed by atoms with E-state index in [1.165, 1.54) is 28.5 Å². The molecule has 3 aromatic carbocycles. The van der Waals surface area contributed by atoms with Crippen molar-refractivity contribution in [2.24, 2.45) is 10.1 Å². The van der Waals surface area contributed by atoms with E-state index >= 15 is 0 Å². The second-order valence-corrected chi connectivity index (χ2v) is 11.2. The van der Waals surface area contributed by atoms with Crippen LogP contribution in [0.5, 0.6) is 0 Å². The fraction of sp³-hybridized carbons (Fsp3) is 0.0741. The van der Waals surface area contributed by atoms with Gasteiger partial charge < -0.3 is 10.2 Å². The first-order chi connectivity index (χ1) is 18.7. The van der Waals surface area contributed by atoms with Crippen LogP contribution in [0.2, 0.25) is 0 Å². The van der Waals surface area contributed by atoms with Gasteiger partial charge in [0.25, 0.3) is 5.91 Å². The van der Waals surface area contributed by atoms with Gasteiger partial charge in [-0.05, 0) is 48.0 Å². The van der Waals surface area contributed by atoms with Gasteiger partial charge in [-0.3, -0.25) is 10.2 Å². The Labute approximate surface area is 230 Å². The minimum Gasteiger partial charge on any atom is -0.378 e. The molecular formula is C27H25N7O3S2. The maximum absolute atomic E-state index is 13.5. The number of amidine groups is 1. The summed E-state index contributed by atoms with van der Waals surface area (Å²) in [6.45, 7) is 0. The van der Waals surface area contributed by atoms with Crippen molar-refractivity contribution >= 4 is 61.5 Å². The Morgan fingerprint density at radius 2 is 1.67 bits per heavy atom. The molecule has 198 valence electrons. The number of rotatable bonds is 8. The van der Waals surface area contributed by atoms with Crippen molar-refractivity contribution in [3.63, 3.8) is 0 Å². The molecule has 1 aromatic heterocycles. The Kier molecular flexibility index (Phi) is 7.15. The molecule has 1 aliphatic heterocycles. The van der Waals surface area contributed by atoms with E-state index in [0.29, 0.717) is 28.2 Å². The molecule has 1 aliphatic rings. The van der Waals surface area contributed by atoms with Crippen LogP contribution in [0.1, 0.15) is 11.1 Å². The second kappa shape index (κ2) is 10.7. The molecule has 0 radical (unpaired) electrons. The Morgan fingerprint density at radius 1 is 0.974 bits per heavy atom. The highest BCUT2D eigenvalue weighted by atomic mass is 32.2. The number of aliphatic imine (C=N–C) groups is 1. The lowest BCUT2D eigenvalue weighted by molar-refractivity contribution is -0.121. The number of amides is 1. The van der Waals surface area contributed by atoms with Gasteiger partial charge in [-0.15, -0.1) is 11.3 Å². The van der Waals surface area contributed by atoms with Gasteiger partial charge in [-0.25, -0.2) is 23.5 Å². The summed E-state index contributed by atoms with van der Waals surface area (Å²) in [7, 11) is 0.168. The second-order valence-electron chi connectivity index (χ2n) is 8.80. The Morgan fingerprint density at radius 3 is 2.31 bits per heavy atom. The van der Waals surface area contributed by atoms with Crippen molar-refractivity contribution in [1.29, 1.82) is 0 Å². The lowest BCUT2D eigenvalue weighted by Crippen LogP contribution is -2.38. The summed E-state index contributed by atoms with van der Waals surface area (Å²) in [5.41, 5.74) is 6.70. The summed E-state index contributed by atoms with van der Waals surface area (Å²) in [6.07, 6.45) is 1.76. The third kappa shape index (κ3) is 5.98. The standard InChI is InChI=1S/C27H25N7O3S2/c1-33(2)21-12-8-18(9-13-21)16-23-26(35)34(25(30-23)19-6-4-3-5-7-19)32-24-17-38-27(31-24)29-20-10-14-22(15-11-20)39(28,36)37/h3-17,32H,1-2H3,(H,29,31)(H2,28,36,37)/b23-16-. The van der Waals surface area contributed by atoms with Crippen molar-refractivity contribution in [3.8, 4) is 0 Å². The minimum absolute atomic E-state index is 0.0207. The molecular weight excluding hydrogens is 534 g/mol. The first kappa shape index (κ1) is 26.1. The molecule has 2 heterocycles. The van der Waals surface area contributed by atoms with Crippen LogP contribution in [0.15, 0.2) is 99.8 Å². The van der Waals surface area contributed by atoms with Crippen LogP contribution in [0.25, 0.3) is 6.08 Å². The number of sulfonamides is 1. The van der Waals surface area contributed by atoms with E-state index in [0.717, 1.165) is 16.8 Å². The number of carbonyl (C=O) groups excluding carboxylic acids is 1. The van der Waals surface area contributed by atoms with E-state index in [1.807, 2.05) is 73.6 Å². The molecule has 0 saturated carbocycles. The van der Waals surface area contributed by atoms with Crippen LogP contribution in [0.3, 0.4) is 0 Å². The molecule has 0 bridgehead atoms. The lowest BCUT2D eigenvalue weighted by Gasteiger charge is -2.18. The van der Waals surface area contributed by atoms with Crippen molar-refractivity contribution in [2.75, 3.05) is 29.7 Å². The summed E-state index contributed by atoms with van der Waals surface area (Å²) in [6, 6.07) is 23.3. The topological polar surface area (TPSA) is 133 Å². The van der Waals surface area contributed by atoms with Crippen LogP contribution in [0, 0.1) is 0 Å². The fourth-order valence-corrected chi connectivity index (χ4v) is 4.95. The number of carbonyl (C=O) groups is 1. The number of hydrazine groups is 1. The Hall–Kier alpha value is -4.52. The third-order valence-electron chi connectivity index (χ3n) is 5.77. The third-order valence-corrected chi connectivity index (χ3v) is 7.46. The molecule has 10 nitrogen and oxygen atoms in total. The van der Waals surface area contributed by atoms with Crippen LogP contribution in [0.4, 0.5) is 22.3 Å². The minimum atomic E-state index is -3.77. The largest absolute Gasteiger partial charge is 0.378 e. The highest BCUT2D eigenvalue weighted by Crippen LogP contribution is 2.27. The van der Waals surface area contributed by atoms with Gasteiger partial charge >= 0.3 is 0 Å². The Balaban J connectivity index is 1.37. The number of anilines is 4. The molecule has 0 unspecified atom stereocenters. The maximum Gasteiger partial charge on any atom is 0.297 e. The van der Waals surface area contributed by atoms with E-state index in [9.17, 15) is 13.2 Å². The SMILES string of the molecule is CN(C)c1ccc(/C=C2\N=C(c3ccccc3)N(Nc3csc(Nc4ccc(S(N)(=O)=O)cc4)n3)C2=O)cc1. The molecule has 12 heteroatoms. The Bertz CT molecular complexity index is 1660.